The summed E-state index contributed by atoms with van der Waals surface area (Å²) in [4.78, 5) is 12.6. The number of carbonyl (C=O) groups excluding carboxylic acids is 1. The molecule has 26 heavy (non-hydrogen) atoms. The summed E-state index contributed by atoms with van der Waals surface area (Å²) in [6.45, 7) is 10.4. The molecule has 0 radical (unpaired) electrons. The van der Waals surface area contributed by atoms with Crippen molar-refractivity contribution in [2.45, 2.75) is 66.3 Å². The van der Waals surface area contributed by atoms with Crippen molar-refractivity contribution in [2.24, 2.45) is 5.92 Å². The van der Waals surface area contributed by atoms with Gasteiger partial charge in [0.15, 0.2) is 0 Å². The summed E-state index contributed by atoms with van der Waals surface area (Å²) in [5.41, 5.74) is 2.60. The number of hydrogen-bond acceptors (Lipinski definition) is 3. The van der Waals surface area contributed by atoms with E-state index >= 15 is 0 Å². The number of sulfonamides is 1. The van der Waals surface area contributed by atoms with Crippen LogP contribution in [0.1, 0.15) is 57.6 Å². The zero-order valence-electron chi connectivity index (χ0n) is 17.0. The zero-order chi connectivity index (χ0) is 19.9. The molecule has 0 aliphatic carbocycles. The molecule has 0 bridgehead atoms. The van der Waals surface area contributed by atoms with Gasteiger partial charge in [-0.1, -0.05) is 39.2 Å². The summed E-state index contributed by atoms with van der Waals surface area (Å²) < 4.78 is 25.9. The second-order valence-electron chi connectivity index (χ2n) is 7.17. The van der Waals surface area contributed by atoms with Crippen molar-refractivity contribution in [3.05, 3.63) is 29.3 Å². The molecule has 0 spiro atoms. The summed E-state index contributed by atoms with van der Waals surface area (Å²) >= 11 is 0. The maximum Gasteiger partial charge on any atom is 0.243 e. The second kappa shape index (κ2) is 9.95. The maximum atomic E-state index is 12.6. The van der Waals surface area contributed by atoms with Crippen LogP contribution < -0.4 is 9.62 Å². The molecule has 1 aromatic rings. The number of rotatable bonds is 10. The fraction of sp³-hybridized carbons (Fsp3) is 0.650. The molecule has 0 saturated heterocycles. The first kappa shape index (κ1) is 22.5. The summed E-state index contributed by atoms with van der Waals surface area (Å²) in [5.74, 6) is 0.169. The molecule has 1 amide bonds. The van der Waals surface area contributed by atoms with Crippen LogP contribution in [0.2, 0.25) is 0 Å². The molecule has 0 saturated carbocycles. The molecule has 0 aliphatic rings. The first-order chi connectivity index (χ1) is 12.1. The molecule has 1 aromatic carbocycles. The number of anilines is 1. The van der Waals surface area contributed by atoms with E-state index < -0.39 is 16.1 Å². The fourth-order valence-electron chi connectivity index (χ4n) is 3.01. The van der Waals surface area contributed by atoms with Gasteiger partial charge >= 0.3 is 0 Å². The predicted molar refractivity (Wildman–Crippen MR) is 109 cm³/mol. The Bertz CT molecular complexity index is 701. The van der Waals surface area contributed by atoms with E-state index in [1.54, 1.807) is 13.0 Å². The van der Waals surface area contributed by atoms with Gasteiger partial charge in [0.1, 0.15) is 6.04 Å². The number of unbranched alkanes of at least 4 members (excludes halogenated alkanes) is 1. The van der Waals surface area contributed by atoms with Crippen LogP contribution in [0, 0.1) is 19.8 Å². The molecule has 0 heterocycles. The summed E-state index contributed by atoms with van der Waals surface area (Å²) in [7, 11) is -3.58. The molecule has 6 heteroatoms. The molecular weight excluding hydrogens is 348 g/mol. The lowest BCUT2D eigenvalue weighted by Crippen LogP contribution is -2.48. The molecule has 5 nitrogen and oxygen atoms in total. The van der Waals surface area contributed by atoms with E-state index in [4.69, 9.17) is 0 Å². The largest absolute Gasteiger partial charge is 0.354 e. The Hall–Kier alpha value is -1.56. The third kappa shape index (κ3) is 6.31. The first-order valence-corrected chi connectivity index (χ1v) is 11.3. The minimum atomic E-state index is -3.58. The lowest BCUT2D eigenvalue weighted by Gasteiger charge is -2.29. The molecule has 0 fully saturated rings. The highest BCUT2D eigenvalue weighted by Crippen LogP contribution is 2.24. The number of nitrogens with zero attached hydrogens (tertiary/aromatic N) is 1. The number of benzene rings is 1. The highest BCUT2D eigenvalue weighted by atomic mass is 32.2. The Morgan fingerprint density at radius 1 is 1.19 bits per heavy atom. The lowest BCUT2D eigenvalue weighted by molar-refractivity contribution is -0.122. The van der Waals surface area contributed by atoms with Crippen molar-refractivity contribution >= 4 is 21.6 Å². The molecule has 148 valence electrons. The summed E-state index contributed by atoms with van der Waals surface area (Å²) in [6, 6.07) is 4.65. The van der Waals surface area contributed by atoms with Crippen LogP contribution >= 0.6 is 0 Å². The maximum absolute atomic E-state index is 12.6. The van der Waals surface area contributed by atoms with Crippen molar-refractivity contribution in [1.29, 1.82) is 0 Å². The molecule has 0 unspecified atom stereocenters. The van der Waals surface area contributed by atoms with Gasteiger partial charge in [0.2, 0.25) is 15.9 Å². The smallest absolute Gasteiger partial charge is 0.243 e. The van der Waals surface area contributed by atoms with E-state index in [0.717, 1.165) is 43.1 Å². The van der Waals surface area contributed by atoms with Crippen LogP contribution in [0.5, 0.6) is 0 Å². The minimum absolute atomic E-state index is 0.261. The van der Waals surface area contributed by atoms with Crippen molar-refractivity contribution in [1.82, 2.24) is 5.32 Å². The molecule has 0 aromatic heterocycles. The Morgan fingerprint density at radius 2 is 1.85 bits per heavy atom. The van der Waals surface area contributed by atoms with Crippen molar-refractivity contribution in [2.75, 3.05) is 17.1 Å². The minimum Gasteiger partial charge on any atom is -0.354 e. The number of hydrogen-bond donors (Lipinski definition) is 1. The van der Waals surface area contributed by atoms with Crippen LogP contribution in [-0.2, 0) is 14.8 Å². The standard InChI is InChI=1S/C20H34N2O3S/c1-7-9-10-18(8-2)14-21-20(23)17(5)22(26(6,24)25)19-12-11-15(3)16(4)13-19/h11-13,17-18H,7-10,14H2,1-6H3,(H,21,23)/t17-,18+/m0/s1. The van der Waals surface area contributed by atoms with Crippen LogP contribution in [0.15, 0.2) is 18.2 Å². The van der Waals surface area contributed by atoms with Crippen LogP contribution in [0.3, 0.4) is 0 Å². The van der Waals surface area contributed by atoms with Gasteiger partial charge in [-0.3, -0.25) is 9.10 Å². The number of amides is 1. The molecular formula is C20H34N2O3S. The van der Waals surface area contributed by atoms with Crippen LogP contribution in [-0.4, -0.2) is 33.2 Å². The van der Waals surface area contributed by atoms with E-state index in [2.05, 4.69) is 19.2 Å². The third-order valence-corrected chi connectivity index (χ3v) is 6.18. The zero-order valence-corrected chi connectivity index (χ0v) is 17.8. The van der Waals surface area contributed by atoms with Gasteiger partial charge in [0, 0.05) is 6.54 Å². The lowest BCUT2D eigenvalue weighted by atomic mass is 9.99. The van der Waals surface area contributed by atoms with E-state index in [1.165, 1.54) is 4.31 Å². The normalized spacial score (nSPS) is 13.9. The molecule has 1 rings (SSSR count). The van der Waals surface area contributed by atoms with Gasteiger partial charge in [0.25, 0.3) is 0 Å². The average molecular weight is 383 g/mol. The van der Waals surface area contributed by atoms with Gasteiger partial charge in [-0.05, 0) is 56.4 Å². The summed E-state index contributed by atoms with van der Waals surface area (Å²) in [6.07, 6.45) is 5.50. The quantitative estimate of drug-likeness (QED) is 0.669. The highest BCUT2D eigenvalue weighted by Gasteiger charge is 2.29. The van der Waals surface area contributed by atoms with Crippen LogP contribution in [0.25, 0.3) is 0 Å². The summed E-state index contributed by atoms with van der Waals surface area (Å²) in [5, 5.41) is 2.95. The molecule has 0 aliphatic heterocycles. The first-order valence-electron chi connectivity index (χ1n) is 9.46. The number of aryl methyl sites for hydroxylation is 2. The Kier molecular flexibility index (Phi) is 8.60. The Labute approximate surface area is 159 Å². The van der Waals surface area contributed by atoms with E-state index in [-0.39, 0.29) is 5.91 Å². The molecule has 1 N–H and O–H groups in total. The number of carbonyl (C=O) groups is 1. The van der Waals surface area contributed by atoms with Crippen molar-refractivity contribution < 1.29 is 13.2 Å². The van der Waals surface area contributed by atoms with Crippen LogP contribution in [0.4, 0.5) is 5.69 Å². The topological polar surface area (TPSA) is 66.5 Å². The fourth-order valence-corrected chi connectivity index (χ4v) is 4.17. The van der Waals surface area contributed by atoms with Crippen molar-refractivity contribution in [3.8, 4) is 0 Å². The van der Waals surface area contributed by atoms with Gasteiger partial charge in [-0.15, -0.1) is 0 Å². The highest BCUT2D eigenvalue weighted by molar-refractivity contribution is 7.92. The second-order valence-corrected chi connectivity index (χ2v) is 9.02. The van der Waals surface area contributed by atoms with Gasteiger partial charge in [-0.2, -0.15) is 0 Å². The molecule has 2 atom stereocenters. The SMILES string of the molecule is CCCC[C@@H](CC)CNC(=O)[C@H](C)N(c1ccc(C)c(C)c1)S(C)(=O)=O. The number of nitrogens with one attached hydrogen (secondary N) is 1. The van der Waals surface area contributed by atoms with Gasteiger partial charge in [-0.25, -0.2) is 8.42 Å². The van der Waals surface area contributed by atoms with E-state index in [0.29, 0.717) is 18.2 Å². The van der Waals surface area contributed by atoms with E-state index in [9.17, 15) is 13.2 Å². The van der Waals surface area contributed by atoms with Crippen molar-refractivity contribution in [3.63, 3.8) is 0 Å². The predicted octanol–water partition coefficient (Wildman–Crippen LogP) is 3.79. The van der Waals surface area contributed by atoms with Gasteiger partial charge < -0.3 is 5.32 Å². The Balaban J connectivity index is 2.94. The van der Waals surface area contributed by atoms with E-state index in [1.807, 2.05) is 26.0 Å². The van der Waals surface area contributed by atoms with Gasteiger partial charge in [0.05, 0.1) is 11.9 Å². The average Bonchev–Trinajstić information content (AvgIpc) is 2.56. The monoisotopic (exact) mass is 382 g/mol. The Morgan fingerprint density at radius 3 is 2.35 bits per heavy atom. The third-order valence-electron chi connectivity index (χ3n) is 4.94.